The number of anilines is 1. The largest absolute Gasteiger partial charge is 0.492 e. The van der Waals surface area contributed by atoms with Crippen molar-refractivity contribution in [2.24, 2.45) is 0 Å². The van der Waals surface area contributed by atoms with E-state index in [9.17, 15) is 4.79 Å². The van der Waals surface area contributed by atoms with Crippen LogP contribution in [0.2, 0.25) is 0 Å². The number of hydrogen-bond donors (Lipinski definition) is 0. The van der Waals surface area contributed by atoms with E-state index in [0.29, 0.717) is 13.2 Å². The van der Waals surface area contributed by atoms with Crippen molar-refractivity contribution in [2.45, 2.75) is 25.2 Å². The quantitative estimate of drug-likeness (QED) is 0.392. The highest BCUT2D eigenvalue weighted by molar-refractivity contribution is 7.99. The molecule has 160 valence electrons. The number of rotatable bonds is 10. The highest BCUT2D eigenvalue weighted by Crippen LogP contribution is 2.35. The molecular weight excluding hydrogens is 414 g/mol. The Labute approximate surface area is 187 Å². The van der Waals surface area contributed by atoms with Crippen LogP contribution in [0.3, 0.4) is 0 Å². The molecule has 0 saturated carbocycles. The van der Waals surface area contributed by atoms with Gasteiger partial charge in [-0.25, -0.2) is 4.98 Å². The third kappa shape index (κ3) is 5.33. The van der Waals surface area contributed by atoms with Crippen LogP contribution in [0, 0.1) is 0 Å². The number of benzene rings is 2. The minimum atomic E-state index is 0.00215. The van der Waals surface area contributed by atoms with Gasteiger partial charge >= 0.3 is 0 Å². The molecule has 0 saturated heterocycles. The first-order valence-electron chi connectivity index (χ1n) is 10.3. The van der Waals surface area contributed by atoms with Crippen LogP contribution in [0.4, 0.5) is 5.13 Å². The molecule has 1 amide bonds. The summed E-state index contributed by atoms with van der Waals surface area (Å²) in [5, 5.41) is 0.720. The van der Waals surface area contributed by atoms with E-state index in [1.54, 1.807) is 23.1 Å². The fraction of sp³-hybridized carbons (Fsp3) is 0.391. The molecule has 0 fully saturated rings. The molecule has 0 aliphatic rings. The van der Waals surface area contributed by atoms with E-state index >= 15 is 0 Å². The Balaban J connectivity index is 1.99. The van der Waals surface area contributed by atoms with Crippen molar-refractivity contribution in [3.8, 4) is 5.75 Å². The normalized spacial score (nSPS) is 11.2. The van der Waals surface area contributed by atoms with Crippen LogP contribution in [0.25, 0.3) is 10.2 Å². The molecule has 2 aromatic carbocycles. The zero-order valence-electron chi connectivity index (χ0n) is 18.1. The molecule has 1 aromatic heterocycles. The lowest BCUT2D eigenvalue weighted by Crippen LogP contribution is -2.33. The Kier molecular flexibility index (Phi) is 8.13. The second-order valence-corrected chi connectivity index (χ2v) is 9.39. The van der Waals surface area contributed by atoms with Gasteiger partial charge in [0, 0.05) is 11.4 Å². The van der Waals surface area contributed by atoms with Crippen molar-refractivity contribution >= 4 is 44.4 Å². The Hall–Kier alpha value is -2.09. The van der Waals surface area contributed by atoms with E-state index in [0.717, 1.165) is 50.3 Å². The molecule has 3 rings (SSSR count). The summed E-state index contributed by atoms with van der Waals surface area (Å²) >= 11 is 3.23. The molecule has 5 nitrogen and oxygen atoms in total. The van der Waals surface area contributed by atoms with Crippen LogP contribution < -0.4 is 9.64 Å². The maximum atomic E-state index is 13.6. The fourth-order valence-electron chi connectivity index (χ4n) is 3.20. The number of aromatic nitrogens is 1. The van der Waals surface area contributed by atoms with E-state index < -0.39 is 0 Å². The summed E-state index contributed by atoms with van der Waals surface area (Å²) in [7, 11) is 4.09. The van der Waals surface area contributed by atoms with Crippen molar-refractivity contribution in [3.05, 3.63) is 48.0 Å². The number of carbonyl (C=O) groups excluding carboxylic acids is 1. The lowest BCUT2D eigenvalue weighted by atomic mass is 10.2. The highest BCUT2D eigenvalue weighted by Gasteiger charge is 2.24. The summed E-state index contributed by atoms with van der Waals surface area (Å²) in [5.41, 5.74) is 1.56. The van der Waals surface area contributed by atoms with Crippen LogP contribution in [-0.2, 0) is 0 Å². The second kappa shape index (κ2) is 10.8. The monoisotopic (exact) mass is 443 g/mol. The van der Waals surface area contributed by atoms with Crippen molar-refractivity contribution < 1.29 is 9.53 Å². The molecule has 0 radical (unpaired) electrons. The van der Waals surface area contributed by atoms with Gasteiger partial charge in [0.1, 0.15) is 11.3 Å². The molecule has 3 aromatic rings. The molecule has 0 aliphatic carbocycles. The lowest BCUT2D eigenvalue weighted by Gasteiger charge is -2.22. The van der Waals surface area contributed by atoms with Crippen molar-refractivity contribution in [3.63, 3.8) is 0 Å². The molecule has 1 heterocycles. The Bertz CT molecular complexity index is 987. The van der Waals surface area contributed by atoms with Crippen molar-refractivity contribution in [1.29, 1.82) is 0 Å². The molecule has 0 unspecified atom stereocenters. The summed E-state index contributed by atoms with van der Waals surface area (Å²) < 4.78 is 6.78. The molecule has 0 N–H and O–H groups in total. The standard InChI is InChI=1S/C23H29N3O2S2/c1-5-28-18-12-9-14-20-21(18)24-23(30-20)26(16-10-15-25(3)4)22(27)17-11-7-8-13-19(17)29-6-2/h7-9,11-14H,5-6,10,15-16H2,1-4H3. The minimum Gasteiger partial charge on any atom is -0.492 e. The van der Waals surface area contributed by atoms with Crippen LogP contribution in [0.1, 0.15) is 30.6 Å². The number of thiazole rings is 1. The van der Waals surface area contributed by atoms with Gasteiger partial charge in [-0.1, -0.05) is 36.5 Å². The van der Waals surface area contributed by atoms with Crippen molar-refractivity contribution in [1.82, 2.24) is 9.88 Å². The fourth-order valence-corrected chi connectivity index (χ4v) is 5.00. The number of nitrogens with zero attached hydrogens (tertiary/aromatic N) is 3. The predicted molar refractivity (Wildman–Crippen MR) is 128 cm³/mol. The summed E-state index contributed by atoms with van der Waals surface area (Å²) in [4.78, 5) is 23.4. The number of carbonyl (C=O) groups is 1. The molecule has 0 atom stereocenters. The van der Waals surface area contributed by atoms with Gasteiger partial charge in [0.2, 0.25) is 0 Å². The number of para-hydroxylation sites is 1. The van der Waals surface area contributed by atoms with E-state index in [4.69, 9.17) is 9.72 Å². The highest BCUT2D eigenvalue weighted by atomic mass is 32.2. The first kappa shape index (κ1) is 22.6. The molecule has 0 aliphatic heterocycles. The molecule has 7 heteroatoms. The maximum absolute atomic E-state index is 13.6. The van der Waals surface area contributed by atoms with Gasteiger partial charge < -0.3 is 9.64 Å². The van der Waals surface area contributed by atoms with E-state index in [2.05, 4.69) is 11.8 Å². The van der Waals surface area contributed by atoms with Crippen molar-refractivity contribution in [2.75, 3.05) is 44.4 Å². The number of thioether (sulfide) groups is 1. The molecular formula is C23H29N3O2S2. The third-order valence-corrected chi connectivity index (χ3v) is 6.55. The second-order valence-electron chi connectivity index (χ2n) is 7.08. The number of ether oxygens (including phenoxy) is 1. The molecule has 30 heavy (non-hydrogen) atoms. The lowest BCUT2D eigenvalue weighted by molar-refractivity contribution is 0.0983. The zero-order chi connectivity index (χ0) is 21.5. The van der Waals surface area contributed by atoms with Gasteiger partial charge in [-0.2, -0.15) is 0 Å². The predicted octanol–water partition coefficient (Wildman–Crippen LogP) is 5.41. The third-order valence-electron chi connectivity index (χ3n) is 4.55. The van der Waals surface area contributed by atoms with Gasteiger partial charge in [-0.15, -0.1) is 11.8 Å². The van der Waals surface area contributed by atoms with Gasteiger partial charge in [0.25, 0.3) is 5.91 Å². The molecule has 0 bridgehead atoms. The minimum absolute atomic E-state index is 0.00215. The Morgan fingerprint density at radius 3 is 2.63 bits per heavy atom. The Morgan fingerprint density at radius 2 is 1.90 bits per heavy atom. The average Bonchev–Trinajstić information content (AvgIpc) is 3.16. The summed E-state index contributed by atoms with van der Waals surface area (Å²) in [6.45, 7) is 6.17. The topological polar surface area (TPSA) is 45.7 Å². The van der Waals surface area contributed by atoms with E-state index in [1.807, 2.05) is 68.4 Å². The molecule has 0 spiro atoms. The van der Waals surface area contributed by atoms with Crippen LogP contribution in [-0.4, -0.2) is 55.3 Å². The van der Waals surface area contributed by atoms with Crippen LogP contribution in [0.5, 0.6) is 5.75 Å². The van der Waals surface area contributed by atoms with E-state index in [1.165, 1.54) is 0 Å². The maximum Gasteiger partial charge on any atom is 0.261 e. The van der Waals surface area contributed by atoms with Gasteiger partial charge in [-0.3, -0.25) is 9.69 Å². The van der Waals surface area contributed by atoms with Gasteiger partial charge in [0.15, 0.2) is 5.13 Å². The first-order valence-corrected chi connectivity index (χ1v) is 12.1. The average molecular weight is 444 g/mol. The van der Waals surface area contributed by atoms with Gasteiger partial charge in [0.05, 0.1) is 16.9 Å². The Morgan fingerprint density at radius 1 is 1.10 bits per heavy atom. The summed E-state index contributed by atoms with van der Waals surface area (Å²) in [6, 6.07) is 13.8. The number of amides is 1. The van der Waals surface area contributed by atoms with Gasteiger partial charge in [-0.05, 0) is 64.0 Å². The summed E-state index contributed by atoms with van der Waals surface area (Å²) in [5.74, 6) is 1.69. The zero-order valence-corrected chi connectivity index (χ0v) is 19.7. The van der Waals surface area contributed by atoms with E-state index in [-0.39, 0.29) is 5.91 Å². The van der Waals surface area contributed by atoms with Crippen LogP contribution in [0.15, 0.2) is 47.4 Å². The number of fused-ring (bicyclic) bond motifs is 1. The SMILES string of the molecule is CCOc1cccc2sc(N(CCCN(C)C)C(=O)c3ccccc3SCC)nc12. The number of hydrogen-bond acceptors (Lipinski definition) is 6. The summed E-state index contributed by atoms with van der Waals surface area (Å²) in [6.07, 6.45) is 0.871. The first-order chi connectivity index (χ1) is 14.5. The smallest absolute Gasteiger partial charge is 0.261 e. The van der Waals surface area contributed by atoms with Crippen LogP contribution >= 0.6 is 23.1 Å².